The van der Waals surface area contributed by atoms with Gasteiger partial charge in [0.2, 0.25) is 0 Å². The van der Waals surface area contributed by atoms with Crippen molar-refractivity contribution >= 4 is 0 Å². The van der Waals surface area contributed by atoms with E-state index in [0.29, 0.717) is 0 Å². The van der Waals surface area contributed by atoms with Gasteiger partial charge in [-0.2, -0.15) is 17.8 Å². The summed E-state index contributed by atoms with van der Waals surface area (Å²) in [5.41, 5.74) is 0. The van der Waals surface area contributed by atoms with Crippen molar-refractivity contribution in [3.05, 3.63) is 5.92 Å². The van der Waals surface area contributed by atoms with E-state index in [1.807, 2.05) is 5.92 Å². The molecule has 0 spiro atoms. The van der Waals surface area contributed by atoms with Gasteiger partial charge < -0.3 is 5.92 Å². The molecule has 0 bridgehead atoms. The molecule has 6 fully saturated rings. The molecule has 10 heavy (non-hydrogen) atoms. The van der Waals surface area contributed by atoms with Crippen LogP contribution in [0.25, 0.3) is 0 Å². The van der Waals surface area contributed by atoms with Gasteiger partial charge in [-0.15, -0.1) is 0 Å². The van der Waals surface area contributed by atoms with Crippen LogP contribution in [0.4, 0.5) is 0 Å². The van der Waals surface area contributed by atoms with Gasteiger partial charge in [0.15, 0.2) is 0 Å². The second-order valence-electron chi connectivity index (χ2n) is 4.39. The van der Waals surface area contributed by atoms with E-state index in [2.05, 4.69) is 0 Å². The molecular formula is C8H7MnO-. The van der Waals surface area contributed by atoms with Crippen molar-refractivity contribution in [3.8, 4) is 0 Å². The number of rotatable bonds is 0. The van der Waals surface area contributed by atoms with Gasteiger partial charge in [0.1, 0.15) is 0 Å². The quantitative estimate of drug-likeness (QED) is 0.392. The fourth-order valence-corrected chi connectivity index (χ4v) is 4.85. The molecule has 0 atom stereocenters. The average molecular weight is 174 g/mol. The third-order valence-corrected chi connectivity index (χ3v) is 4.98. The van der Waals surface area contributed by atoms with Crippen LogP contribution in [-0.4, -0.2) is 0 Å². The van der Waals surface area contributed by atoms with E-state index in [0.717, 1.165) is 0 Å². The summed E-state index contributed by atoms with van der Waals surface area (Å²) in [6.45, 7) is 0. The fourth-order valence-electron chi connectivity index (χ4n) is 4.85. The van der Waals surface area contributed by atoms with Crippen LogP contribution in [0.3, 0.4) is 0 Å². The van der Waals surface area contributed by atoms with Crippen molar-refractivity contribution in [1.29, 1.82) is 0 Å². The number of hydrogen-bond acceptors (Lipinski definition) is 1. The van der Waals surface area contributed by atoms with Crippen LogP contribution >= 0.6 is 0 Å². The van der Waals surface area contributed by atoms with Crippen LogP contribution in [0.1, 0.15) is 0 Å². The molecule has 0 amide bonds. The number of hydrogen-bond donors (Lipinski definition) is 0. The summed E-state index contributed by atoms with van der Waals surface area (Å²) in [5, 5.41) is 0. The van der Waals surface area contributed by atoms with E-state index in [1.165, 1.54) is 41.4 Å². The fraction of sp³-hybridized carbons (Fsp3) is 0.875. The molecule has 6 aliphatic carbocycles. The van der Waals surface area contributed by atoms with Gasteiger partial charge in [-0.3, -0.25) is 0 Å². The molecule has 6 aliphatic rings. The first-order valence-corrected chi connectivity index (χ1v) is 4.50. The summed E-state index contributed by atoms with van der Waals surface area (Å²) in [5.74, 6) is 11.0. The normalized spacial score (nSPS) is 81.4. The van der Waals surface area contributed by atoms with Gasteiger partial charge in [0, 0.05) is 0 Å². The molecule has 6 saturated carbocycles. The third-order valence-electron chi connectivity index (χ3n) is 4.98. The predicted molar refractivity (Wildman–Crippen MR) is 28.4 cm³/mol. The Bertz CT molecular complexity index is 131. The Kier molecular flexibility index (Phi) is 0.551. The molecule has 0 aliphatic heterocycles. The van der Waals surface area contributed by atoms with Gasteiger partial charge in [-0.1, -0.05) is 17.8 Å². The predicted octanol–water partition coefficient (Wildman–Crippen LogP) is 0.821. The van der Waals surface area contributed by atoms with E-state index in [-0.39, 0.29) is 0 Å². The van der Waals surface area contributed by atoms with Gasteiger partial charge >= 0.3 is 19.8 Å². The van der Waals surface area contributed by atoms with Crippen molar-refractivity contribution < 1.29 is 19.8 Å². The zero-order valence-corrected chi connectivity index (χ0v) is 6.51. The van der Waals surface area contributed by atoms with Crippen LogP contribution in [0.2, 0.25) is 0 Å². The van der Waals surface area contributed by atoms with Crippen LogP contribution in [0.15, 0.2) is 0 Å². The monoisotopic (exact) mass is 174 g/mol. The van der Waals surface area contributed by atoms with E-state index in [1.54, 1.807) is 15.9 Å². The molecule has 1 nitrogen and oxygen atoms in total. The Hall–Kier alpha value is 0.319. The summed E-state index contributed by atoms with van der Waals surface area (Å²) in [6, 6.07) is 0. The van der Waals surface area contributed by atoms with Crippen molar-refractivity contribution in [2.45, 2.75) is 0 Å². The second kappa shape index (κ2) is 1.09. The van der Waals surface area contributed by atoms with Crippen molar-refractivity contribution in [3.63, 3.8) is 0 Å². The average Bonchev–Trinajstić information content (AvgIpc) is 2.10. The van der Waals surface area contributed by atoms with Crippen molar-refractivity contribution in [2.24, 2.45) is 41.4 Å². The zero-order chi connectivity index (χ0) is 6.62. The summed E-state index contributed by atoms with van der Waals surface area (Å²) in [7, 11) is 0. The Morgan fingerprint density at radius 1 is 0.800 bits per heavy atom. The van der Waals surface area contributed by atoms with Crippen molar-refractivity contribution in [2.75, 3.05) is 0 Å². The molecule has 6 rings (SSSR count). The minimum atomic E-state index is 1.25. The SMILES string of the molecule is [C-]12C3C4C1C1C2C3C41.[O]=[Mn]. The topological polar surface area (TPSA) is 17.1 Å². The maximum absolute atomic E-state index is 8.06. The second-order valence-corrected chi connectivity index (χ2v) is 4.39. The molecule has 0 aromatic heterocycles. The summed E-state index contributed by atoms with van der Waals surface area (Å²) >= 11 is 1.69. The molecule has 0 unspecified atom stereocenters. The van der Waals surface area contributed by atoms with Crippen LogP contribution in [0, 0.1) is 47.3 Å². The van der Waals surface area contributed by atoms with Crippen LogP contribution in [0.5, 0.6) is 0 Å². The van der Waals surface area contributed by atoms with Crippen molar-refractivity contribution in [1.82, 2.24) is 0 Å². The first-order valence-electron chi connectivity index (χ1n) is 4.02. The molecule has 53 valence electrons. The van der Waals surface area contributed by atoms with Crippen LogP contribution < -0.4 is 0 Å². The molecule has 2 heteroatoms. The summed E-state index contributed by atoms with van der Waals surface area (Å²) in [6.07, 6.45) is 0. The first-order chi connectivity index (χ1) is 5.00. The van der Waals surface area contributed by atoms with Gasteiger partial charge in [-0.05, 0) is 5.92 Å². The van der Waals surface area contributed by atoms with Gasteiger partial charge in [0.25, 0.3) is 0 Å². The standard InChI is InChI=1S/C8H7.Mn.O/c1-2-5-3(1)7-4(1)6(2)8(5)7;;/h1-7H;;/q-1;;. The summed E-state index contributed by atoms with van der Waals surface area (Å²) in [4.78, 5) is 0. The first kappa shape index (κ1) is 5.05. The van der Waals surface area contributed by atoms with Gasteiger partial charge in [-0.25, -0.2) is 0 Å². The molecule has 0 saturated heterocycles. The Labute approximate surface area is 67.6 Å². The van der Waals surface area contributed by atoms with E-state index in [9.17, 15) is 0 Å². The minimum absolute atomic E-state index is 1.25. The molecule has 0 aromatic carbocycles. The Morgan fingerprint density at radius 2 is 1.20 bits per heavy atom. The van der Waals surface area contributed by atoms with Gasteiger partial charge in [0.05, 0.1) is 0 Å². The van der Waals surface area contributed by atoms with E-state index < -0.39 is 0 Å². The Balaban J connectivity index is 0.000000159. The molecular weight excluding hydrogens is 167 g/mol. The van der Waals surface area contributed by atoms with E-state index in [4.69, 9.17) is 3.83 Å². The molecule has 0 N–H and O–H groups in total. The molecule has 0 aromatic rings. The Morgan fingerprint density at radius 3 is 1.30 bits per heavy atom. The molecule has 0 heterocycles. The zero-order valence-electron chi connectivity index (χ0n) is 5.33. The van der Waals surface area contributed by atoms with E-state index >= 15 is 0 Å². The summed E-state index contributed by atoms with van der Waals surface area (Å²) < 4.78 is 8.06. The molecule has 0 radical (unpaired) electrons. The third kappa shape index (κ3) is 0.191. The van der Waals surface area contributed by atoms with Crippen LogP contribution in [-0.2, 0) is 19.8 Å². The maximum atomic E-state index is 8.06.